The summed E-state index contributed by atoms with van der Waals surface area (Å²) in [5.74, 6) is 2.17. The summed E-state index contributed by atoms with van der Waals surface area (Å²) in [5.41, 5.74) is 2.24. The largest absolute Gasteiger partial charge is 0.497 e. The highest BCUT2D eigenvalue weighted by atomic mass is 16.7. The fourth-order valence-corrected chi connectivity index (χ4v) is 4.21. The van der Waals surface area contributed by atoms with Gasteiger partial charge in [-0.2, -0.15) is 0 Å². The Morgan fingerprint density at radius 3 is 2.27 bits per heavy atom. The van der Waals surface area contributed by atoms with E-state index >= 15 is 0 Å². The summed E-state index contributed by atoms with van der Waals surface area (Å²) in [7, 11) is 3.11. The van der Waals surface area contributed by atoms with Crippen molar-refractivity contribution in [1.29, 1.82) is 0 Å². The van der Waals surface area contributed by atoms with Crippen molar-refractivity contribution in [2.75, 3.05) is 21.0 Å². The topological polar surface area (TPSA) is 54.0 Å². The molecule has 136 valence electrons. The lowest BCUT2D eigenvalue weighted by atomic mass is 9.81. The Morgan fingerprint density at radius 1 is 0.923 bits per heavy atom. The molecule has 26 heavy (non-hydrogen) atoms. The van der Waals surface area contributed by atoms with E-state index in [2.05, 4.69) is 0 Å². The molecule has 0 unspecified atom stereocenters. The third-order valence-electron chi connectivity index (χ3n) is 5.50. The lowest BCUT2D eigenvalue weighted by Gasteiger charge is -2.23. The number of ether oxygens (including phenoxy) is 4. The minimum absolute atomic E-state index is 0.101. The average molecular weight is 354 g/mol. The monoisotopic (exact) mass is 354 g/mol. The number of methoxy groups -OCH3 is 2. The van der Waals surface area contributed by atoms with E-state index in [0.29, 0.717) is 0 Å². The van der Waals surface area contributed by atoms with Gasteiger partial charge in [-0.05, 0) is 60.1 Å². The molecule has 1 aliphatic carbocycles. The summed E-state index contributed by atoms with van der Waals surface area (Å²) < 4.78 is 21.3. The van der Waals surface area contributed by atoms with Gasteiger partial charge in [-0.1, -0.05) is 18.2 Å². The summed E-state index contributed by atoms with van der Waals surface area (Å²) >= 11 is 0. The van der Waals surface area contributed by atoms with E-state index in [1.54, 1.807) is 7.11 Å². The number of hydrogen-bond donors (Lipinski definition) is 0. The van der Waals surface area contributed by atoms with E-state index in [4.69, 9.17) is 18.9 Å². The van der Waals surface area contributed by atoms with Gasteiger partial charge in [-0.25, -0.2) is 0 Å². The molecule has 5 nitrogen and oxygen atoms in total. The van der Waals surface area contributed by atoms with Crippen molar-refractivity contribution in [2.24, 2.45) is 5.92 Å². The van der Waals surface area contributed by atoms with Crippen molar-refractivity contribution in [3.8, 4) is 17.2 Å². The number of hydrogen-bond acceptors (Lipinski definition) is 5. The van der Waals surface area contributed by atoms with Crippen molar-refractivity contribution >= 4 is 5.97 Å². The molecule has 1 saturated carbocycles. The summed E-state index contributed by atoms with van der Waals surface area (Å²) in [6.07, 6.45) is 1.86. The van der Waals surface area contributed by atoms with Crippen molar-refractivity contribution in [1.82, 2.24) is 0 Å². The quantitative estimate of drug-likeness (QED) is 0.780. The first kappa shape index (κ1) is 16.8. The second-order valence-corrected chi connectivity index (χ2v) is 6.73. The number of esters is 1. The average Bonchev–Trinajstić information content (AvgIpc) is 3.33. The van der Waals surface area contributed by atoms with Crippen LogP contribution in [0.3, 0.4) is 0 Å². The lowest BCUT2D eigenvalue weighted by Crippen LogP contribution is -2.24. The SMILES string of the molecule is COC(=O)[C@@H]1[C@@H](c2ccc3c(c2)OCO3)CC[C@H]1c1ccc(OC)cc1. The van der Waals surface area contributed by atoms with Gasteiger partial charge in [0.05, 0.1) is 20.1 Å². The second-order valence-electron chi connectivity index (χ2n) is 6.73. The van der Waals surface area contributed by atoms with Crippen LogP contribution in [-0.4, -0.2) is 27.0 Å². The third-order valence-corrected chi connectivity index (χ3v) is 5.50. The first-order chi connectivity index (χ1) is 12.7. The van der Waals surface area contributed by atoms with Gasteiger partial charge in [0.2, 0.25) is 6.79 Å². The molecule has 2 aromatic carbocycles. The van der Waals surface area contributed by atoms with Crippen LogP contribution in [0.1, 0.15) is 35.8 Å². The van der Waals surface area contributed by atoms with Gasteiger partial charge in [0, 0.05) is 0 Å². The molecule has 1 aliphatic heterocycles. The lowest BCUT2D eigenvalue weighted by molar-refractivity contribution is -0.146. The predicted octanol–water partition coefficient (Wildman–Crippen LogP) is 3.87. The molecule has 0 amide bonds. The molecule has 0 spiro atoms. The van der Waals surface area contributed by atoms with Crippen LogP contribution < -0.4 is 14.2 Å². The van der Waals surface area contributed by atoms with Crippen LogP contribution in [0.4, 0.5) is 0 Å². The Balaban J connectivity index is 1.66. The maximum atomic E-state index is 12.6. The summed E-state index contributed by atoms with van der Waals surface area (Å²) in [6.45, 7) is 0.248. The number of rotatable bonds is 4. The molecule has 5 heteroatoms. The normalized spacial score (nSPS) is 23.7. The smallest absolute Gasteiger partial charge is 0.309 e. The highest BCUT2D eigenvalue weighted by molar-refractivity contribution is 5.75. The van der Waals surface area contributed by atoms with E-state index < -0.39 is 0 Å². The van der Waals surface area contributed by atoms with Crippen LogP contribution in [0, 0.1) is 5.92 Å². The van der Waals surface area contributed by atoms with Crippen LogP contribution in [0.5, 0.6) is 17.2 Å². The molecule has 1 fully saturated rings. The van der Waals surface area contributed by atoms with Crippen molar-refractivity contribution in [3.05, 3.63) is 53.6 Å². The van der Waals surface area contributed by atoms with E-state index in [1.165, 1.54) is 7.11 Å². The molecular weight excluding hydrogens is 332 g/mol. The Morgan fingerprint density at radius 2 is 1.58 bits per heavy atom. The zero-order chi connectivity index (χ0) is 18.1. The number of fused-ring (bicyclic) bond motifs is 1. The molecule has 2 aromatic rings. The minimum atomic E-state index is -0.214. The zero-order valence-electron chi connectivity index (χ0n) is 14.9. The fraction of sp³-hybridized carbons (Fsp3) is 0.381. The maximum absolute atomic E-state index is 12.6. The standard InChI is InChI=1S/C21H22O5/c1-23-15-6-3-13(4-7-15)16-8-9-17(20(16)21(22)24-2)14-5-10-18-19(11-14)26-12-25-18/h3-7,10-11,16-17,20H,8-9,12H2,1-2H3/t16-,17+,20-/m0/s1. The first-order valence-electron chi connectivity index (χ1n) is 8.82. The molecule has 2 aliphatic rings. The van der Waals surface area contributed by atoms with Crippen LogP contribution in [0.2, 0.25) is 0 Å². The van der Waals surface area contributed by atoms with Crippen LogP contribution in [0.15, 0.2) is 42.5 Å². The zero-order valence-corrected chi connectivity index (χ0v) is 14.9. The number of benzene rings is 2. The minimum Gasteiger partial charge on any atom is -0.497 e. The van der Waals surface area contributed by atoms with Gasteiger partial charge in [-0.3, -0.25) is 4.79 Å². The third kappa shape index (κ3) is 2.87. The maximum Gasteiger partial charge on any atom is 0.309 e. The van der Waals surface area contributed by atoms with E-state index in [1.807, 2.05) is 42.5 Å². The molecule has 0 aromatic heterocycles. The van der Waals surface area contributed by atoms with Gasteiger partial charge in [0.25, 0.3) is 0 Å². The molecule has 4 rings (SSSR count). The predicted molar refractivity (Wildman–Crippen MR) is 95.8 cm³/mol. The Labute approximate surface area is 152 Å². The molecule has 0 radical (unpaired) electrons. The highest BCUT2D eigenvalue weighted by Crippen LogP contribution is 2.50. The van der Waals surface area contributed by atoms with Crippen LogP contribution in [-0.2, 0) is 9.53 Å². The Hall–Kier alpha value is -2.69. The Bertz CT molecular complexity index is 799. The highest BCUT2D eigenvalue weighted by Gasteiger charge is 2.43. The van der Waals surface area contributed by atoms with E-state index in [-0.39, 0.29) is 30.5 Å². The van der Waals surface area contributed by atoms with Crippen molar-refractivity contribution < 1.29 is 23.7 Å². The summed E-state index contributed by atoms with van der Waals surface area (Å²) in [6, 6.07) is 13.9. The molecular formula is C21H22O5. The van der Waals surface area contributed by atoms with Crippen LogP contribution in [0.25, 0.3) is 0 Å². The molecule has 0 saturated heterocycles. The first-order valence-corrected chi connectivity index (χ1v) is 8.82. The van der Waals surface area contributed by atoms with Gasteiger partial charge < -0.3 is 18.9 Å². The fourth-order valence-electron chi connectivity index (χ4n) is 4.21. The number of carbonyl (C=O) groups excluding carboxylic acids is 1. The molecule has 1 heterocycles. The van der Waals surface area contributed by atoms with Gasteiger partial charge >= 0.3 is 5.97 Å². The van der Waals surface area contributed by atoms with Gasteiger partial charge in [0.1, 0.15) is 5.75 Å². The summed E-state index contributed by atoms with van der Waals surface area (Å²) in [4.78, 5) is 12.6. The van der Waals surface area contributed by atoms with E-state index in [9.17, 15) is 4.79 Å². The number of carbonyl (C=O) groups is 1. The van der Waals surface area contributed by atoms with Gasteiger partial charge in [-0.15, -0.1) is 0 Å². The molecule has 0 bridgehead atoms. The van der Waals surface area contributed by atoms with Crippen molar-refractivity contribution in [2.45, 2.75) is 24.7 Å². The van der Waals surface area contributed by atoms with Crippen LogP contribution >= 0.6 is 0 Å². The van der Waals surface area contributed by atoms with E-state index in [0.717, 1.165) is 41.2 Å². The van der Waals surface area contributed by atoms with Gasteiger partial charge in [0.15, 0.2) is 11.5 Å². The summed E-state index contributed by atoms with van der Waals surface area (Å²) in [5, 5.41) is 0. The Kier molecular flexibility index (Phi) is 4.45. The van der Waals surface area contributed by atoms with Crippen molar-refractivity contribution in [3.63, 3.8) is 0 Å². The molecule has 3 atom stereocenters. The second kappa shape index (κ2) is 6.90. The molecule has 0 N–H and O–H groups in total.